The fourth-order valence-electron chi connectivity index (χ4n) is 2.91. The molecule has 0 spiro atoms. The van der Waals surface area contributed by atoms with E-state index in [1.54, 1.807) is 4.90 Å². The summed E-state index contributed by atoms with van der Waals surface area (Å²) in [5, 5.41) is 2.17. The van der Waals surface area contributed by atoms with E-state index in [1.807, 2.05) is 0 Å². The van der Waals surface area contributed by atoms with Gasteiger partial charge in [-0.15, -0.1) is 0 Å². The van der Waals surface area contributed by atoms with E-state index < -0.39 is 23.2 Å². The molecule has 136 valence electrons. The van der Waals surface area contributed by atoms with Gasteiger partial charge in [0.15, 0.2) is 0 Å². The first-order valence-electron chi connectivity index (χ1n) is 8.58. The maximum absolute atomic E-state index is 13.7. The van der Waals surface area contributed by atoms with Gasteiger partial charge in [0.1, 0.15) is 28.7 Å². The van der Waals surface area contributed by atoms with Crippen molar-refractivity contribution in [2.45, 2.75) is 25.7 Å². The van der Waals surface area contributed by atoms with Crippen LogP contribution in [0.25, 0.3) is 0 Å². The maximum Gasteiger partial charge on any atom is 0.274 e. The number of hydrogen-bond acceptors (Lipinski definition) is 3. The minimum absolute atomic E-state index is 0.0756. The summed E-state index contributed by atoms with van der Waals surface area (Å²) in [5.41, 5.74) is -0.467. The Morgan fingerprint density at radius 1 is 0.885 bits per heavy atom. The number of nitrogens with one attached hydrogen (secondary N) is 1. The van der Waals surface area contributed by atoms with Crippen LogP contribution in [0.1, 0.15) is 46.7 Å². The lowest BCUT2D eigenvalue weighted by molar-refractivity contribution is 0.0755. The molecule has 2 aromatic rings. The number of halogens is 2. The smallest absolute Gasteiger partial charge is 0.274 e. The van der Waals surface area contributed by atoms with Gasteiger partial charge in [0.05, 0.1) is 0 Å². The summed E-state index contributed by atoms with van der Waals surface area (Å²) >= 11 is 0. The number of aromatic nitrogens is 1. The van der Waals surface area contributed by atoms with Crippen LogP contribution in [0, 0.1) is 11.6 Å². The molecule has 26 heavy (non-hydrogen) atoms. The van der Waals surface area contributed by atoms with Crippen molar-refractivity contribution in [1.82, 2.24) is 9.88 Å². The Morgan fingerprint density at radius 2 is 1.46 bits per heavy atom. The predicted molar refractivity (Wildman–Crippen MR) is 92.9 cm³/mol. The van der Waals surface area contributed by atoms with E-state index in [9.17, 15) is 18.4 Å². The monoisotopic (exact) mass is 359 g/mol. The number of amides is 2. The van der Waals surface area contributed by atoms with Crippen LogP contribution in [-0.4, -0.2) is 34.8 Å². The second-order valence-corrected chi connectivity index (χ2v) is 6.17. The third-order valence-corrected chi connectivity index (χ3v) is 4.30. The molecule has 0 bridgehead atoms. The summed E-state index contributed by atoms with van der Waals surface area (Å²) in [6, 6.07) is 7.77. The normalized spacial score (nSPS) is 14.6. The van der Waals surface area contributed by atoms with Crippen LogP contribution in [0.4, 0.5) is 14.5 Å². The SMILES string of the molecule is O=C(Nc1c(F)cccc1F)c1cccc(C(=O)N2CCCCCC2)n1. The van der Waals surface area contributed by atoms with Crippen molar-refractivity contribution < 1.29 is 18.4 Å². The number of carbonyl (C=O) groups excluding carboxylic acids is 2. The minimum atomic E-state index is -0.879. The highest BCUT2D eigenvalue weighted by atomic mass is 19.1. The van der Waals surface area contributed by atoms with Crippen LogP contribution < -0.4 is 5.32 Å². The number of para-hydroxylation sites is 1. The molecule has 0 saturated carbocycles. The topological polar surface area (TPSA) is 62.3 Å². The van der Waals surface area contributed by atoms with Gasteiger partial charge in [0.2, 0.25) is 0 Å². The molecule has 1 aromatic carbocycles. The lowest BCUT2D eigenvalue weighted by atomic mass is 10.2. The van der Waals surface area contributed by atoms with E-state index in [2.05, 4.69) is 10.3 Å². The van der Waals surface area contributed by atoms with Gasteiger partial charge in [0, 0.05) is 13.1 Å². The lowest BCUT2D eigenvalue weighted by Crippen LogP contribution is -2.32. The van der Waals surface area contributed by atoms with Gasteiger partial charge in [-0.25, -0.2) is 13.8 Å². The Morgan fingerprint density at radius 3 is 2.12 bits per heavy atom. The predicted octanol–water partition coefficient (Wildman–Crippen LogP) is 3.63. The standard InChI is InChI=1S/C19H19F2N3O2/c20-13-7-5-8-14(21)17(13)23-18(25)15-9-6-10-16(22-15)19(26)24-11-3-1-2-4-12-24/h5-10H,1-4,11-12H2,(H,23,25). The molecule has 0 radical (unpaired) electrons. The molecule has 1 aliphatic rings. The zero-order valence-electron chi connectivity index (χ0n) is 14.2. The van der Waals surface area contributed by atoms with Gasteiger partial charge in [0.25, 0.3) is 11.8 Å². The fourth-order valence-corrected chi connectivity index (χ4v) is 2.91. The number of anilines is 1. The molecule has 5 nitrogen and oxygen atoms in total. The van der Waals surface area contributed by atoms with Crippen molar-refractivity contribution in [3.63, 3.8) is 0 Å². The van der Waals surface area contributed by atoms with Crippen LogP contribution in [0.3, 0.4) is 0 Å². The zero-order valence-corrected chi connectivity index (χ0v) is 14.2. The number of likely N-dealkylation sites (tertiary alicyclic amines) is 1. The Kier molecular flexibility index (Phi) is 5.55. The maximum atomic E-state index is 13.7. The van der Waals surface area contributed by atoms with E-state index in [-0.39, 0.29) is 17.3 Å². The number of rotatable bonds is 3. The van der Waals surface area contributed by atoms with Crippen molar-refractivity contribution in [3.05, 3.63) is 59.4 Å². The molecule has 0 unspecified atom stereocenters. The number of benzene rings is 1. The molecule has 3 rings (SSSR count). The molecule has 2 amide bonds. The Hall–Kier alpha value is -2.83. The minimum Gasteiger partial charge on any atom is -0.337 e. The van der Waals surface area contributed by atoms with Gasteiger partial charge in [-0.05, 0) is 37.1 Å². The van der Waals surface area contributed by atoms with E-state index in [4.69, 9.17) is 0 Å². The molecule has 2 heterocycles. The Labute approximate surface area is 150 Å². The van der Waals surface area contributed by atoms with Crippen molar-refractivity contribution in [2.24, 2.45) is 0 Å². The second-order valence-electron chi connectivity index (χ2n) is 6.17. The summed E-state index contributed by atoms with van der Waals surface area (Å²) in [4.78, 5) is 30.7. The number of hydrogen-bond donors (Lipinski definition) is 1. The first kappa shape index (κ1) is 18.0. The van der Waals surface area contributed by atoms with Gasteiger partial charge in [-0.1, -0.05) is 25.0 Å². The number of pyridine rings is 1. The molecule has 0 aliphatic carbocycles. The highest BCUT2D eigenvalue weighted by molar-refractivity contribution is 6.04. The summed E-state index contributed by atoms with van der Waals surface area (Å²) in [7, 11) is 0. The molecule has 0 atom stereocenters. The summed E-state index contributed by atoms with van der Waals surface area (Å²) in [6.45, 7) is 1.33. The van der Waals surface area contributed by atoms with Crippen LogP contribution in [-0.2, 0) is 0 Å². The molecule has 1 fully saturated rings. The largest absolute Gasteiger partial charge is 0.337 e. The summed E-state index contributed by atoms with van der Waals surface area (Å²) in [6.07, 6.45) is 4.07. The molecule has 7 heteroatoms. The van der Waals surface area contributed by atoms with Gasteiger partial charge >= 0.3 is 0 Å². The third kappa shape index (κ3) is 4.04. The van der Waals surface area contributed by atoms with E-state index >= 15 is 0 Å². The molecule has 1 aliphatic heterocycles. The first-order chi connectivity index (χ1) is 12.6. The molecular weight excluding hydrogens is 340 g/mol. The van der Waals surface area contributed by atoms with Gasteiger partial charge < -0.3 is 10.2 Å². The number of carbonyl (C=O) groups is 2. The molecule has 1 saturated heterocycles. The highest BCUT2D eigenvalue weighted by Gasteiger charge is 2.20. The fraction of sp³-hybridized carbons (Fsp3) is 0.316. The van der Waals surface area contributed by atoms with Crippen LogP contribution in [0.15, 0.2) is 36.4 Å². The quantitative estimate of drug-likeness (QED) is 0.910. The zero-order chi connectivity index (χ0) is 18.5. The first-order valence-corrected chi connectivity index (χ1v) is 8.58. The van der Waals surface area contributed by atoms with Crippen molar-refractivity contribution in [2.75, 3.05) is 18.4 Å². The van der Waals surface area contributed by atoms with Crippen LogP contribution >= 0.6 is 0 Å². The molecular formula is C19H19F2N3O2. The Bertz CT molecular complexity index is 798. The second kappa shape index (κ2) is 8.03. The van der Waals surface area contributed by atoms with E-state index in [0.717, 1.165) is 37.8 Å². The van der Waals surface area contributed by atoms with E-state index in [0.29, 0.717) is 13.1 Å². The van der Waals surface area contributed by atoms with Crippen molar-refractivity contribution >= 4 is 17.5 Å². The lowest BCUT2D eigenvalue weighted by Gasteiger charge is -2.19. The average Bonchev–Trinajstić information content (AvgIpc) is 2.93. The average molecular weight is 359 g/mol. The summed E-state index contributed by atoms with van der Waals surface area (Å²) in [5.74, 6) is -2.77. The van der Waals surface area contributed by atoms with E-state index in [1.165, 1.54) is 24.3 Å². The van der Waals surface area contributed by atoms with Crippen LogP contribution in [0.2, 0.25) is 0 Å². The third-order valence-electron chi connectivity index (χ3n) is 4.30. The number of nitrogens with zero attached hydrogens (tertiary/aromatic N) is 2. The van der Waals surface area contributed by atoms with Crippen LogP contribution in [0.5, 0.6) is 0 Å². The van der Waals surface area contributed by atoms with Crippen molar-refractivity contribution in [3.8, 4) is 0 Å². The molecule has 1 N–H and O–H groups in total. The van der Waals surface area contributed by atoms with Crippen molar-refractivity contribution in [1.29, 1.82) is 0 Å². The van der Waals surface area contributed by atoms with Gasteiger partial charge in [-0.3, -0.25) is 9.59 Å². The molecule has 1 aromatic heterocycles. The van der Waals surface area contributed by atoms with Gasteiger partial charge in [-0.2, -0.15) is 0 Å². The Balaban J connectivity index is 1.78. The highest BCUT2D eigenvalue weighted by Crippen LogP contribution is 2.19. The summed E-state index contributed by atoms with van der Waals surface area (Å²) < 4.78 is 27.4.